The summed E-state index contributed by atoms with van der Waals surface area (Å²) in [5.41, 5.74) is 3.93. The zero-order valence-electron chi connectivity index (χ0n) is 20.2. The monoisotopic (exact) mass is 513 g/mol. The van der Waals surface area contributed by atoms with E-state index in [2.05, 4.69) is 35.7 Å². The summed E-state index contributed by atoms with van der Waals surface area (Å²) >= 11 is 0. The van der Waals surface area contributed by atoms with Crippen molar-refractivity contribution >= 4 is 17.9 Å². The molecule has 0 bridgehead atoms. The number of ketones is 1. The summed E-state index contributed by atoms with van der Waals surface area (Å²) in [4.78, 5) is 13.6. The molecule has 2 unspecified atom stereocenters. The zero-order chi connectivity index (χ0) is 26.4. The van der Waals surface area contributed by atoms with Crippen LogP contribution >= 0.6 is 0 Å². The van der Waals surface area contributed by atoms with Crippen LogP contribution in [0.4, 0.5) is 17.6 Å². The minimum absolute atomic E-state index is 0.190. The molecule has 2 atom stereocenters. The van der Waals surface area contributed by atoms with Crippen molar-refractivity contribution in [3.63, 3.8) is 0 Å². The maximum absolute atomic E-state index is 14.8. The number of alkyl halides is 3. The highest BCUT2D eigenvalue weighted by Gasteiger charge is 2.34. The summed E-state index contributed by atoms with van der Waals surface area (Å²) in [5.74, 6) is -2.59. The summed E-state index contributed by atoms with van der Waals surface area (Å²) in [6.45, 7) is 0. The van der Waals surface area contributed by atoms with Crippen molar-refractivity contribution in [2.45, 2.75) is 24.9 Å². The van der Waals surface area contributed by atoms with Crippen LogP contribution in [0.3, 0.4) is 0 Å². The van der Waals surface area contributed by atoms with Gasteiger partial charge in [0.15, 0.2) is 5.78 Å². The first-order valence-corrected chi connectivity index (χ1v) is 12.5. The number of hydrogen-bond donors (Lipinski definition) is 1. The summed E-state index contributed by atoms with van der Waals surface area (Å²) in [5, 5.41) is 5.25. The third-order valence-corrected chi connectivity index (χ3v) is 7.51. The minimum atomic E-state index is -4.69. The Labute approximate surface area is 217 Å². The number of benzene rings is 3. The van der Waals surface area contributed by atoms with Gasteiger partial charge in [-0.3, -0.25) is 4.79 Å². The third kappa shape index (κ3) is 4.20. The van der Waals surface area contributed by atoms with Crippen LogP contribution in [-0.4, -0.2) is 5.78 Å². The Morgan fingerprint density at radius 1 is 0.921 bits per heavy atom. The molecule has 0 saturated carbocycles. The van der Waals surface area contributed by atoms with Gasteiger partial charge in [0.2, 0.25) is 0 Å². The Morgan fingerprint density at radius 3 is 2.58 bits per heavy atom. The summed E-state index contributed by atoms with van der Waals surface area (Å²) in [6, 6.07) is 14.5. The van der Waals surface area contributed by atoms with Crippen molar-refractivity contribution in [3.8, 4) is 11.1 Å². The molecule has 6 heteroatoms. The minimum Gasteiger partial charge on any atom is -0.364 e. The van der Waals surface area contributed by atoms with Crippen molar-refractivity contribution in [2.75, 3.05) is 0 Å². The van der Waals surface area contributed by atoms with Crippen LogP contribution in [0.5, 0.6) is 0 Å². The van der Waals surface area contributed by atoms with Crippen LogP contribution in [0.1, 0.15) is 39.4 Å². The van der Waals surface area contributed by atoms with Gasteiger partial charge >= 0.3 is 6.18 Å². The molecule has 3 aromatic carbocycles. The van der Waals surface area contributed by atoms with E-state index in [0.717, 1.165) is 51.4 Å². The van der Waals surface area contributed by atoms with E-state index in [1.54, 1.807) is 0 Å². The number of rotatable bonds is 3. The Kier molecular flexibility index (Phi) is 5.90. The molecule has 1 N–H and O–H groups in total. The molecule has 2 nitrogen and oxygen atoms in total. The molecule has 2 aliphatic carbocycles. The van der Waals surface area contributed by atoms with E-state index in [9.17, 15) is 22.4 Å². The molecular formula is C32H23F4NO. The molecule has 0 spiro atoms. The lowest BCUT2D eigenvalue weighted by Gasteiger charge is -2.30. The number of carbonyl (C=O) groups is 1. The molecule has 38 heavy (non-hydrogen) atoms. The average molecular weight is 514 g/mol. The maximum atomic E-state index is 14.8. The standard InChI is InChI=1S/C32H23F4NO/c33-29-18-21(32(34,35)36)10-12-26(29)31(38)20-16-27-24-11-9-19-6-3-4-7-22(19)23(24)13-14-25(27)28(17-20)30-8-2-1-5-15-37-30/h1-8,10-16,18,20,28,37H,9,17H2. The number of fused-ring (bicyclic) bond motifs is 5. The van der Waals surface area contributed by atoms with E-state index in [-0.39, 0.29) is 11.5 Å². The summed E-state index contributed by atoms with van der Waals surface area (Å²) in [6.07, 6.45) is 9.91. The molecule has 0 radical (unpaired) electrons. The SMILES string of the molecule is O=C(c1ccc(C(F)(F)F)cc1F)C1C=c2c(ccc3c2=CCc2ccccc2-3)C(C2=CC=CC=CN2)C1. The van der Waals surface area contributed by atoms with E-state index in [4.69, 9.17) is 0 Å². The molecule has 1 aliphatic heterocycles. The van der Waals surface area contributed by atoms with Gasteiger partial charge in [0.25, 0.3) is 0 Å². The Morgan fingerprint density at radius 2 is 1.76 bits per heavy atom. The highest BCUT2D eigenvalue weighted by atomic mass is 19.4. The number of hydrogen-bond acceptors (Lipinski definition) is 2. The normalized spacial score (nSPS) is 19.5. The second-order valence-electron chi connectivity index (χ2n) is 9.72. The van der Waals surface area contributed by atoms with Crippen LogP contribution < -0.4 is 15.8 Å². The topological polar surface area (TPSA) is 29.1 Å². The Bertz CT molecular complexity index is 1680. The fourth-order valence-electron chi connectivity index (χ4n) is 5.68. The molecule has 0 amide bonds. The van der Waals surface area contributed by atoms with E-state index < -0.39 is 29.3 Å². The highest BCUT2D eigenvalue weighted by Crippen LogP contribution is 2.36. The van der Waals surface area contributed by atoms with Crippen LogP contribution in [0.2, 0.25) is 0 Å². The first-order chi connectivity index (χ1) is 18.3. The van der Waals surface area contributed by atoms with Crippen LogP contribution in [0, 0.1) is 11.7 Å². The largest absolute Gasteiger partial charge is 0.416 e. The van der Waals surface area contributed by atoms with Gasteiger partial charge in [-0.25, -0.2) is 4.39 Å². The smallest absolute Gasteiger partial charge is 0.364 e. The lowest BCUT2D eigenvalue weighted by molar-refractivity contribution is -0.137. The van der Waals surface area contributed by atoms with Gasteiger partial charge in [-0.2, -0.15) is 13.2 Å². The second-order valence-corrected chi connectivity index (χ2v) is 9.72. The second kappa shape index (κ2) is 9.28. The maximum Gasteiger partial charge on any atom is 0.416 e. The first-order valence-electron chi connectivity index (χ1n) is 12.5. The number of halogens is 4. The molecule has 6 rings (SSSR count). The van der Waals surface area contributed by atoms with E-state index in [1.807, 2.05) is 48.7 Å². The van der Waals surface area contributed by atoms with Crippen molar-refractivity contribution in [1.29, 1.82) is 0 Å². The van der Waals surface area contributed by atoms with Gasteiger partial charge in [0.05, 0.1) is 11.1 Å². The predicted molar refractivity (Wildman–Crippen MR) is 140 cm³/mol. The fraction of sp³-hybridized carbons (Fsp3) is 0.156. The van der Waals surface area contributed by atoms with Gasteiger partial charge in [-0.15, -0.1) is 0 Å². The van der Waals surface area contributed by atoms with Crippen LogP contribution in [0.25, 0.3) is 23.3 Å². The van der Waals surface area contributed by atoms with E-state index in [1.165, 1.54) is 5.56 Å². The number of nitrogens with one attached hydrogen (secondary N) is 1. The number of allylic oxidation sites excluding steroid dienone is 5. The fourth-order valence-corrected chi connectivity index (χ4v) is 5.68. The van der Waals surface area contributed by atoms with Gasteiger partial charge < -0.3 is 5.32 Å². The van der Waals surface area contributed by atoms with Gasteiger partial charge in [-0.1, -0.05) is 60.7 Å². The third-order valence-electron chi connectivity index (χ3n) is 7.51. The quantitative estimate of drug-likeness (QED) is 0.335. The molecule has 1 heterocycles. The first kappa shape index (κ1) is 24.2. The molecule has 0 fully saturated rings. The molecule has 3 aliphatic rings. The predicted octanol–water partition coefficient (Wildman–Crippen LogP) is 6.17. The van der Waals surface area contributed by atoms with E-state index >= 15 is 0 Å². The zero-order valence-corrected chi connectivity index (χ0v) is 20.2. The van der Waals surface area contributed by atoms with Crippen molar-refractivity contribution in [3.05, 3.63) is 129 Å². The molecule has 190 valence electrons. The lowest BCUT2D eigenvalue weighted by atomic mass is 9.75. The van der Waals surface area contributed by atoms with Crippen molar-refractivity contribution in [2.24, 2.45) is 5.92 Å². The van der Waals surface area contributed by atoms with Crippen molar-refractivity contribution in [1.82, 2.24) is 5.32 Å². The molecule has 0 saturated heterocycles. The van der Waals surface area contributed by atoms with Crippen molar-refractivity contribution < 1.29 is 22.4 Å². The Balaban J connectivity index is 1.51. The number of carbonyl (C=O) groups excluding carboxylic acids is 1. The van der Waals surface area contributed by atoms with Crippen LogP contribution in [-0.2, 0) is 12.6 Å². The lowest BCUT2D eigenvalue weighted by Crippen LogP contribution is -2.40. The Hall–Kier alpha value is -4.19. The molecular weight excluding hydrogens is 490 g/mol. The average Bonchev–Trinajstić information content (AvgIpc) is 3.21. The summed E-state index contributed by atoms with van der Waals surface area (Å²) in [7, 11) is 0. The van der Waals surface area contributed by atoms with Gasteiger partial charge in [0.1, 0.15) is 5.82 Å². The van der Waals surface area contributed by atoms with Gasteiger partial charge in [0, 0.05) is 23.7 Å². The molecule has 3 aromatic rings. The number of Topliss-reactive ketones (excluding diaryl/α,β-unsaturated/α-hetero) is 1. The van der Waals surface area contributed by atoms with Crippen LogP contribution in [0.15, 0.2) is 90.8 Å². The van der Waals surface area contributed by atoms with Gasteiger partial charge in [-0.05, 0) is 75.9 Å². The van der Waals surface area contributed by atoms with E-state index in [0.29, 0.717) is 12.5 Å². The molecule has 0 aromatic heterocycles. The summed E-state index contributed by atoms with van der Waals surface area (Å²) < 4.78 is 54.1. The highest BCUT2D eigenvalue weighted by molar-refractivity contribution is 6.01.